The van der Waals surface area contributed by atoms with Crippen LogP contribution in [-0.4, -0.2) is 23.1 Å². The van der Waals surface area contributed by atoms with Crippen LogP contribution in [0, 0.1) is 5.92 Å². The SMILES string of the molecule is CC(C)CC(C)OC(=O)O.CCC(=O)c1ccccc1. The van der Waals surface area contributed by atoms with E-state index in [1.807, 2.05) is 51.1 Å². The zero-order valence-electron chi connectivity index (χ0n) is 12.6. The second-order valence-electron chi connectivity index (χ2n) is 4.97. The van der Waals surface area contributed by atoms with Gasteiger partial charge in [0.15, 0.2) is 5.78 Å². The molecule has 0 aliphatic carbocycles. The monoisotopic (exact) mass is 280 g/mol. The van der Waals surface area contributed by atoms with Gasteiger partial charge in [0.1, 0.15) is 6.10 Å². The number of Topliss-reactive ketones (excluding diaryl/α,β-unsaturated/α-hetero) is 1. The molecule has 1 aromatic carbocycles. The highest BCUT2D eigenvalue weighted by atomic mass is 16.7. The number of ether oxygens (including phenoxy) is 1. The molecule has 0 fully saturated rings. The predicted molar refractivity (Wildman–Crippen MR) is 79.1 cm³/mol. The van der Waals surface area contributed by atoms with Gasteiger partial charge in [0.2, 0.25) is 0 Å². The molecule has 0 radical (unpaired) electrons. The molecular formula is C16H24O4. The Hall–Kier alpha value is -1.84. The predicted octanol–water partition coefficient (Wildman–Crippen LogP) is 4.39. The van der Waals surface area contributed by atoms with Crippen LogP contribution in [0.2, 0.25) is 0 Å². The van der Waals surface area contributed by atoms with Gasteiger partial charge in [-0.2, -0.15) is 0 Å². The number of carbonyl (C=O) groups excluding carboxylic acids is 1. The number of rotatable bonds is 5. The first kappa shape index (κ1) is 18.2. The maximum absolute atomic E-state index is 11.0. The van der Waals surface area contributed by atoms with Crippen molar-refractivity contribution in [1.82, 2.24) is 0 Å². The minimum Gasteiger partial charge on any atom is -0.450 e. The maximum atomic E-state index is 11.0. The summed E-state index contributed by atoms with van der Waals surface area (Å²) < 4.78 is 4.48. The number of carbonyl (C=O) groups is 2. The van der Waals surface area contributed by atoms with E-state index >= 15 is 0 Å². The zero-order valence-corrected chi connectivity index (χ0v) is 12.6. The second-order valence-corrected chi connectivity index (χ2v) is 4.97. The van der Waals surface area contributed by atoms with E-state index in [9.17, 15) is 9.59 Å². The third kappa shape index (κ3) is 9.14. The van der Waals surface area contributed by atoms with Gasteiger partial charge in [-0.15, -0.1) is 0 Å². The molecule has 1 N–H and O–H groups in total. The van der Waals surface area contributed by atoms with Gasteiger partial charge in [0.05, 0.1) is 0 Å². The molecule has 4 heteroatoms. The van der Waals surface area contributed by atoms with Crippen molar-refractivity contribution in [3.63, 3.8) is 0 Å². The van der Waals surface area contributed by atoms with Crippen LogP contribution in [-0.2, 0) is 4.74 Å². The summed E-state index contributed by atoms with van der Waals surface area (Å²) in [5.74, 6) is 0.690. The average molecular weight is 280 g/mol. The summed E-state index contributed by atoms with van der Waals surface area (Å²) in [4.78, 5) is 21.0. The van der Waals surface area contributed by atoms with Gasteiger partial charge in [-0.3, -0.25) is 4.79 Å². The van der Waals surface area contributed by atoms with Gasteiger partial charge in [0.25, 0.3) is 0 Å². The van der Waals surface area contributed by atoms with Crippen molar-refractivity contribution in [2.45, 2.75) is 46.6 Å². The summed E-state index contributed by atoms with van der Waals surface area (Å²) in [5, 5.41) is 8.17. The Morgan fingerprint density at radius 1 is 1.15 bits per heavy atom. The van der Waals surface area contributed by atoms with Crippen molar-refractivity contribution in [2.24, 2.45) is 5.92 Å². The van der Waals surface area contributed by atoms with Gasteiger partial charge in [0, 0.05) is 12.0 Å². The minimum absolute atomic E-state index is 0.183. The molecule has 0 aliphatic heterocycles. The Labute approximate surface area is 120 Å². The van der Waals surface area contributed by atoms with Gasteiger partial charge >= 0.3 is 6.16 Å². The fraction of sp³-hybridized carbons (Fsp3) is 0.500. The smallest absolute Gasteiger partial charge is 0.450 e. The fourth-order valence-corrected chi connectivity index (χ4v) is 1.71. The Bertz CT molecular complexity index is 398. The van der Waals surface area contributed by atoms with E-state index < -0.39 is 6.16 Å². The molecule has 0 bridgehead atoms. The van der Waals surface area contributed by atoms with Crippen molar-refractivity contribution in [2.75, 3.05) is 0 Å². The third-order valence-electron chi connectivity index (χ3n) is 2.52. The minimum atomic E-state index is -1.19. The lowest BCUT2D eigenvalue weighted by molar-refractivity contribution is 0.0510. The van der Waals surface area contributed by atoms with Crippen LogP contribution in [0.5, 0.6) is 0 Å². The molecule has 0 amide bonds. The lowest BCUT2D eigenvalue weighted by atomic mass is 10.1. The molecule has 0 saturated heterocycles. The number of hydrogen-bond donors (Lipinski definition) is 1. The zero-order chi connectivity index (χ0) is 15.5. The van der Waals surface area contributed by atoms with Crippen LogP contribution in [0.1, 0.15) is 50.9 Å². The fourth-order valence-electron chi connectivity index (χ4n) is 1.71. The van der Waals surface area contributed by atoms with Gasteiger partial charge < -0.3 is 9.84 Å². The lowest BCUT2D eigenvalue weighted by Gasteiger charge is -2.11. The second kappa shape index (κ2) is 10.0. The summed E-state index contributed by atoms with van der Waals surface area (Å²) in [6.45, 7) is 7.69. The molecule has 4 nitrogen and oxygen atoms in total. The van der Waals surface area contributed by atoms with E-state index in [4.69, 9.17) is 5.11 Å². The topological polar surface area (TPSA) is 63.6 Å². The molecule has 112 valence electrons. The van der Waals surface area contributed by atoms with Gasteiger partial charge in [-0.05, 0) is 19.3 Å². The van der Waals surface area contributed by atoms with Crippen LogP contribution in [0.4, 0.5) is 4.79 Å². The van der Waals surface area contributed by atoms with E-state index in [1.165, 1.54) is 0 Å². The quantitative estimate of drug-likeness (QED) is 0.641. The van der Waals surface area contributed by atoms with E-state index in [0.29, 0.717) is 12.3 Å². The average Bonchev–Trinajstić information content (AvgIpc) is 2.37. The molecular weight excluding hydrogens is 256 g/mol. The Balaban J connectivity index is 0.000000361. The van der Waals surface area contributed by atoms with E-state index in [1.54, 1.807) is 6.92 Å². The number of benzene rings is 1. The van der Waals surface area contributed by atoms with Crippen molar-refractivity contribution in [1.29, 1.82) is 0 Å². The standard InChI is InChI=1S/C9H10O.C7H14O3/c1-2-9(10)8-6-4-3-5-7-8;1-5(2)4-6(3)10-7(8)9/h3-7H,2H2,1H3;5-6H,4H2,1-3H3,(H,8,9). The highest BCUT2D eigenvalue weighted by molar-refractivity contribution is 5.95. The van der Waals surface area contributed by atoms with E-state index in [0.717, 1.165) is 12.0 Å². The molecule has 0 heterocycles. The first-order valence-corrected chi connectivity index (χ1v) is 6.84. The number of ketones is 1. The molecule has 1 unspecified atom stereocenters. The van der Waals surface area contributed by atoms with E-state index in [-0.39, 0.29) is 11.9 Å². The normalized spacial score (nSPS) is 11.2. The van der Waals surface area contributed by atoms with Gasteiger partial charge in [-0.25, -0.2) is 4.79 Å². The van der Waals surface area contributed by atoms with Crippen LogP contribution >= 0.6 is 0 Å². The molecule has 0 aliphatic rings. The first-order valence-electron chi connectivity index (χ1n) is 6.84. The number of hydrogen-bond acceptors (Lipinski definition) is 3. The highest BCUT2D eigenvalue weighted by Crippen LogP contribution is 2.07. The Morgan fingerprint density at radius 2 is 1.70 bits per heavy atom. The van der Waals surface area contributed by atoms with Crippen LogP contribution in [0.3, 0.4) is 0 Å². The van der Waals surface area contributed by atoms with E-state index in [2.05, 4.69) is 4.74 Å². The van der Waals surface area contributed by atoms with Crippen LogP contribution in [0.25, 0.3) is 0 Å². The van der Waals surface area contributed by atoms with Crippen molar-refractivity contribution >= 4 is 11.9 Å². The largest absolute Gasteiger partial charge is 0.506 e. The molecule has 1 rings (SSSR count). The summed E-state index contributed by atoms with van der Waals surface area (Å²) in [5.41, 5.74) is 0.810. The Morgan fingerprint density at radius 3 is 2.10 bits per heavy atom. The van der Waals surface area contributed by atoms with Crippen molar-refractivity contribution in [3.05, 3.63) is 35.9 Å². The summed E-state index contributed by atoms with van der Waals surface area (Å²) in [7, 11) is 0. The lowest BCUT2D eigenvalue weighted by Crippen LogP contribution is -2.14. The third-order valence-corrected chi connectivity index (χ3v) is 2.52. The summed E-state index contributed by atoms with van der Waals surface area (Å²) in [6.07, 6.45) is 0.00157. The van der Waals surface area contributed by atoms with Crippen LogP contribution < -0.4 is 0 Å². The van der Waals surface area contributed by atoms with Crippen molar-refractivity contribution in [3.8, 4) is 0 Å². The molecule has 1 aromatic rings. The highest BCUT2D eigenvalue weighted by Gasteiger charge is 2.08. The van der Waals surface area contributed by atoms with Gasteiger partial charge in [-0.1, -0.05) is 51.1 Å². The van der Waals surface area contributed by atoms with Crippen molar-refractivity contribution < 1.29 is 19.4 Å². The first-order chi connectivity index (χ1) is 9.36. The molecule has 0 aromatic heterocycles. The molecule has 0 spiro atoms. The maximum Gasteiger partial charge on any atom is 0.506 e. The summed E-state index contributed by atoms with van der Waals surface area (Å²) >= 11 is 0. The summed E-state index contributed by atoms with van der Waals surface area (Å²) in [6, 6.07) is 9.34. The number of carboxylic acid groups (broad SMARTS) is 1. The molecule has 1 atom stereocenters. The molecule has 0 saturated carbocycles. The molecule has 20 heavy (non-hydrogen) atoms. The van der Waals surface area contributed by atoms with Crippen LogP contribution in [0.15, 0.2) is 30.3 Å². The Kier molecular flexibility index (Phi) is 9.09.